The van der Waals surface area contributed by atoms with Crippen LogP contribution in [0, 0.1) is 5.92 Å². The fraction of sp³-hybridized carbons (Fsp3) is 0.833. The molecule has 11 nitrogen and oxygen atoms in total. The topological polar surface area (TPSA) is 137 Å². The van der Waals surface area contributed by atoms with Gasteiger partial charge in [-0.05, 0) is 71.8 Å². The highest BCUT2D eigenvalue weighted by Gasteiger charge is 2.48. The molecule has 3 fully saturated rings. The van der Waals surface area contributed by atoms with E-state index in [9.17, 15) is 24.0 Å². The standard InChI is InChI=1S/C30H51N5O6/c1-29(2,3)41-24(37)18-22(27(39)34(4)5)32-19-23(36)25(20-12-7-8-13-20)35(6)28(40)30(15-9-10-16-30)33-26(38)21-14-11-17-31-21/h20-22,25,31-32H,7-19H2,1-6H3,(H,33,38)/t21-,22-,25-/m0/s1. The molecule has 0 bridgehead atoms. The van der Waals surface area contributed by atoms with E-state index in [1.807, 2.05) is 0 Å². The lowest BCUT2D eigenvalue weighted by Gasteiger charge is -2.39. The van der Waals surface area contributed by atoms with Crippen molar-refractivity contribution in [3.8, 4) is 0 Å². The van der Waals surface area contributed by atoms with Crippen LogP contribution >= 0.6 is 0 Å². The van der Waals surface area contributed by atoms with Crippen LogP contribution in [0.15, 0.2) is 0 Å². The zero-order valence-electron chi connectivity index (χ0n) is 25.8. The van der Waals surface area contributed by atoms with Gasteiger partial charge in [-0.2, -0.15) is 0 Å². The molecular weight excluding hydrogens is 526 g/mol. The van der Waals surface area contributed by atoms with Crippen molar-refractivity contribution in [1.29, 1.82) is 0 Å². The lowest BCUT2D eigenvalue weighted by molar-refractivity contribution is -0.157. The maximum Gasteiger partial charge on any atom is 0.308 e. The monoisotopic (exact) mass is 577 g/mol. The van der Waals surface area contributed by atoms with E-state index in [-0.39, 0.29) is 48.4 Å². The summed E-state index contributed by atoms with van der Waals surface area (Å²) in [7, 11) is 4.86. The highest BCUT2D eigenvalue weighted by Crippen LogP contribution is 2.35. The normalized spacial score (nSPS) is 22.1. The molecule has 232 valence electrons. The number of amides is 3. The zero-order valence-corrected chi connectivity index (χ0v) is 25.8. The SMILES string of the molecule is CN(C)C(=O)[C@H](CC(=O)OC(C)(C)C)NCC(=O)[C@H](C1CCCC1)N(C)C(=O)C1(NC(=O)[C@@H]2CCCN2)CCCC1. The molecule has 3 N–H and O–H groups in total. The Morgan fingerprint density at radius 1 is 0.951 bits per heavy atom. The maximum absolute atomic E-state index is 14.1. The third kappa shape index (κ3) is 8.73. The summed E-state index contributed by atoms with van der Waals surface area (Å²) in [6.07, 6.45) is 7.86. The Morgan fingerprint density at radius 3 is 2.12 bits per heavy atom. The van der Waals surface area contributed by atoms with Gasteiger partial charge in [0.05, 0.1) is 31.1 Å². The second-order valence-corrected chi connectivity index (χ2v) is 13.3. The van der Waals surface area contributed by atoms with Gasteiger partial charge in [-0.1, -0.05) is 25.7 Å². The van der Waals surface area contributed by atoms with Crippen molar-refractivity contribution in [3.63, 3.8) is 0 Å². The lowest BCUT2D eigenvalue weighted by Crippen LogP contribution is -2.63. The first-order valence-electron chi connectivity index (χ1n) is 15.3. The first-order chi connectivity index (χ1) is 19.2. The molecule has 0 aromatic rings. The number of ether oxygens (including phenoxy) is 1. The van der Waals surface area contributed by atoms with E-state index >= 15 is 0 Å². The second-order valence-electron chi connectivity index (χ2n) is 13.3. The van der Waals surface area contributed by atoms with Crippen molar-refractivity contribution in [2.75, 3.05) is 34.2 Å². The molecule has 0 aromatic carbocycles. The van der Waals surface area contributed by atoms with E-state index in [0.29, 0.717) is 12.8 Å². The Balaban J connectivity index is 1.76. The molecule has 3 atom stereocenters. The van der Waals surface area contributed by atoms with Crippen LogP contribution in [0.5, 0.6) is 0 Å². The molecule has 0 spiro atoms. The van der Waals surface area contributed by atoms with Crippen molar-refractivity contribution < 1.29 is 28.7 Å². The second kappa shape index (κ2) is 14.1. The molecule has 1 aliphatic heterocycles. The third-order valence-electron chi connectivity index (χ3n) is 8.57. The van der Waals surface area contributed by atoms with E-state index in [2.05, 4.69) is 16.0 Å². The Bertz CT molecular complexity index is 959. The summed E-state index contributed by atoms with van der Waals surface area (Å²) in [5.41, 5.74) is -1.71. The van der Waals surface area contributed by atoms with Crippen LogP contribution < -0.4 is 16.0 Å². The number of hydrogen-bond acceptors (Lipinski definition) is 8. The van der Waals surface area contributed by atoms with Crippen LogP contribution in [0.3, 0.4) is 0 Å². The smallest absolute Gasteiger partial charge is 0.308 e. The predicted octanol–water partition coefficient (Wildman–Crippen LogP) is 1.53. The molecule has 0 aromatic heterocycles. The summed E-state index contributed by atoms with van der Waals surface area (Å²) in [6, 6.07) is -1.92. The van der Waals surface area contributed by atoms with E-state index in [4.69, 9.17) is 4.74 Å². The van der Waals surface area contributed by atoms with Crippen LogP contribution in [0.2, 0.25) is 0 Å². The van der Waals surface area contributed by atoms with Crippen LogP contribution in [0.1, 0.15) is 91.4 Å². The van der Waals surface area contributed by atoms with Gasteiger partial charge in [0.2, 0.25) is 17.7 Å². The Hall–Kier alpha value is -2.53. The number of hydrogen-bond donors (Lipinski definition) is 3. The molecule has 1 saturated heterocycles. The van der Waals surface area contributed by atoms with Gasteiger partial charge < -0.3 is 25.2 Å². The Labute approximate surface area is 244 Å². The number of rotatable bonds is 12. The Kier molecular flexibility index (Phi) is 11.3. The van der Waals surface area contributed by atoms with Crippen LogP contribution in [0.4, 0.5) is 0 Å². The number of carbonyl (C=O) groups is 5. The molecule has 0 radical (unpaired) electrons. The minimum atomic E-state index is -1.01. The van der Waals surface area contributed by atoms with Gasteiger partial charge in [0.15, 0.2) is 5.78 Å². The van der Waals surface area contributed by atoms with Crippen LogP contribution in [0.25, 0.3) is 0 Å². The molecule has 2 saturated carbocycles. The molecule has 2 aliphatic carbocycles. The van der Waals surface area contributed by atoms with E-state index in [0.717, 1.165) is 57.9 Å². The number of nitrogens with one attached hydrogen (secondary N) is 3. The summed E-state index contributed by atoms with van der Waals surface area (Å²) < 4.78 is 5.41. The highest BCUT2D eigenvalue weighted by atomic mass is 16.6. The van der Waals surface area contributed by atoms with Crippen molar-refractivity contribution in [2.45, 2.75) is 121 Å². The summed E-state index contributed by atoms with van der Waals surface area (Å²) in [6.45, 7) is 5.89. The highest BCUT2D eigenvalue weighted by molar-refractivity contribution is 5.97. The third-order valence-corrected chi connectivity index (χ3v) is 8.57. The van der Waals surface area contributed by atoms with Gasteiger partial charge in [0.1, 0.15) is 11.1 Å². The minimum absolute atomic E-state index is 0.00207. The Morgan fingerprint density at radius 2 is 1.59 bits per heavy atom. The van der Waals surface area contributed by atoms with E-state index in [1.165, 1.54) is 4.90 Å². The quantitative estimate of drug-likeness (QED) is 0.297. The number of carbonyl (C=O) groups excluding carboxylic acids is 5. The average Bonchev–Trinajstić information content (AvgIpc) is 3.68. The zero-order chi connectivity index (χ0) is 30.4. The molecule has 0 unspecified atom stereocenters. The van der Waals surface area contributed by atoms with Crippen LogP contribution in [-0.4, -0.2) is 103 Å². The van der Waals surface area contributed by atoms with Gasteiger partial charge in [0.25, 0.3) is 0 Å². The average molecular weight is 578 g/mol. The summed E-state index contributed by atoms with van der Waals surface area (Å²) >= 11 is 0. The van der Waals surface area contributed by atoms with Crippen molar-refractivity contribution in [1.82, 2.24) is 25.8 Å². The van der Waals surface area contributed by atoms with E-state index in [1.54, 1.807) is 46.8 Å². The van der Waals surface area contributed by atoms with Gasteiger partial charge in [-0.25, -0.2) is 0 Å². The number of ketones is 1. The number of nitrogens with zero attached hydrogens (tertiary/aromatic N) is 2. The first-order valence-corrected chi connectivity index (χ1v) is 15.3. The van der Waals surface area contributed by atoms with Crippen molar-refractivity contribution in [3.05, 3.63) is 0 Å². The van der Waals surface area contributed by atoms with Gasteiger partial charge in [0, 0.05) is 21.1 Å². The fourth-order valence-electron chi connectivity index (χ4n) is 6.57. The van der Waals surface area contributed by atoms with Crippen molar-refractivity contribution in [2.24, 2.45) is 5.92 Å². The molecule has 41 heavy (non-hydrogen) atoms. The maximum atomic E-state index is 14.1. The van der Waals surface area contributed by atoms with Crippen molar-refractivity contribution >= 4 is 29.5 Å². The predicted molar refractivity (Wildman–Crippen MR) is 155 cm³/mol. The summed E-state index contributed by atoms with van der Waals surface area (Å²) in [4.78, 5) is 69.4. The largest absolute Gasteiger partial charge is 0.460 e. The molecule has 3 rings (SSSR count). The number of likely N-dealkylation sites (N-methyl/N-ethyl adjacent to an activating group) is 2. The summed E-state index contributed by atoms with van der Waals surface area (Å²) in [5.74, 6) is -1.44. The number of Topliss-reactive ketones (excluding diaryl/α,β-unsaturated/α-hetero) is 1. The molecular formula is C30H51N5O6. The first kappa shape index (κ1) is 33.0. The number of esters is 1. The van der Waals surface area contributed by atoms with E-state index < -0.39 is 29.2 Å². The molecule has 3 amide bonds. The minimum Gasteiger partial charge on any atom is -0.460 e. The van der Waals surface area contributed by atoms with Gasteiger partial charge in [-0.15, -0.1) is 0 Å². The molecule has 3 aliphatic rings. The van der Waals surface area contributed by atoms with Crippen LogP contribution in [-0.2, 0) is 28.7 Å². The molecule has 1 heterocycles. The lowest BCUT2D eigenvalue weighted by atomic mass is 9.89. The summed E-state index contributed by atoms with van der Waals surface area (Å²) in [5, 5.41) is 9.31. The van der Waals surface area contributed by atoms with Gasteiger partial charge >= 0.3 is 5.97 Å². The fourth-order valence-corrected chi connectivity index (χ4v) is 6.57. The van der Waals surface area contributed by atoms with Gasteiger partial charge in [-0.3, -0.25) is 29.3 Å². The molecule has 11 heteroatoms.